The van der Waals surface area contributed by atoms with Crippen molar-refractivity contribution in [3.8, 4) is 17.9 Å². The van der Waals surface area contributed by atoms with Crippen LogP contribution in [-0.4, -0.2) is 21.1 Å². The van der Waals surface area contributed by atoms with E-state index in [9.17, 15) is 4.79 Å². The molecule has 0 atom stereocenters. The minimum Gasteiger partial charge on any atom is -0.381 e. The molecule has 3 N–H and O–H groups in total. The number of nitrogen functional groups attached to an aromatic ring is 1. The lowest BCUT2D eigenvalue weighted by Gasteiger charge is -1.85. The number of rotatable bonds is 1. The summed E-state index contributed by atoms with van der Waals surface area (Å²) in [5.74, 6) is 5.96. The molecule has 15 heavy (non-hydrogen) atoms. The van der Waals surface area contributed by atoms with Gasteiger partial charge in [-0.15, -0.1) is 0 Å². The molecule has 0 aliphatic heterocycles. The molecule has 0 unspecified atom stereocenters. The maximum Gasteiger partial charge on any atom is 0.186 e. The van der Waals surface area contributed by atoms with Crippen molar-refractivity contribution in [2.24, 2.45) is 0 Å². The van der Waals surface area contributed by atoms with Gasteiger partial charge >= 0.3 is 0 Å². The van der Waals surface area contributed by atoms with Gasteiger partial charge in [-0.2, -0.15) is 10.4 Å². The van der Waals surface area contributed by atoms with Crippen molar-refractivity contribution in [3.05, 3.63) is 11.3 Å². The van der Waals surface area contributed by atoms with Gasteiger partial charge in [0.15, 0.2) is 10.9 Å². The van der Waals surface area contributed by atoms with Crippen LogP contribution >= 0.6 is 11.8 Å². The summed E-state index contributed by atoms with van der Waals surface area (Å²) in [6.45, 7) is 1.47. The molecule has 0 saturated heterocycles. The van der Waals surface area contributed by atoms with Crippen molar-refractivity contribution in [1.29, 1.82) is 5.26 Å². The zero-order valence-electron chi connectivity index (χ0n) is 8.00. The molecule has 0 aliphatic carbocycles. The highest BCUT2D eigenvalue weighted by Gasteiger charge is 2.06. The highest BCUT2D eigenvalue weighted by atomic mass is 32.2. The second kappa shape index (κ2) is 5.08. The fourth-order valence-electron chi connectivity index (χ4n) is 0.822. The Morgan fingerprint density at radius 2 is 2.47 bits per heavy atom. The number of anilines is 1. The standard InChI is InChI=1S/C9H8N4OS/c1-6(14)15-4-2-3-8-7(5-10)9(11)13-12-8/h4H2,1H3,(H3,11,12,13). The first kappa shape index (κ1) is 11.2. The van der Waals surface area contributed by atoms with Gasteiger partial charge in [0.25, 0.3) is 0 Å². The topological polar surface area (TPSA) is 95.6 Å². The summed E-state index contributed by atoms with van der Waals surface area (Å²) in [4.78, 5) is 10.6. The maximum atomic E-state index is 10.6. The Kier molecular flexibility index (Phi) is 3.78. The Morgan fingerprint density at radius 1 is 1.73 bits per heavy atom. The van der Waals surface area contributed by atoms with Crippen LogP contribution in [0.15, 0.2) is 0 Å². The molecule has 0 aromatic carbocycles. The Balaban J connectivity index is 2.72. The van der Waals surface area contributed by atoms with Gasteiger partial charge in [-0.25, -0.2) is 0 Å². The lowest BCUT2D eigenvalue weighted by molar-refractivity contribution is -0.109. The normalized spacial score (nSPS) is 8.80. The van der Waals surface area contributed by atoms with Gasteiger partial charge in [0, 0.05) is 6.92 Å². The minimum atomic E-state index is 0.00827. The fraction of sp³-hybridized carbons (Fsp3) is 0.222. The molecule has 0 amide bonds. The fourth-order valence-corrected chi connectivity index (χ4v) is 1.17. The monoisotopic (exact) mass is 220 g/mol. The summed E-state index contributed by atoms with van der Waals surface area (Å²) < 4.78 is 0. The predicted octanol–water partition coefficient (Wildman–Crippen LogP) is 0.495. The smallest absolute Gasteiger partial charge is 0.186 e. The largest absolute Gasteiger partial charge is 0.381 e. The molecule has 0 fully saturated rings. The molecule has 1 aromatic heterocycles. The number of thioether (sulfide) groups is 1. The van der Waals surface area contributed by atoms with E-state index >= 15 is 0 Å². The van der Waals surface area contributed by atoms with E-state index in [2.05, 4.69) is 22.0 Å². The number of nitrogens with zero attached hydrogens (tertiary/aromatic N) is 2. The van der Waals surface area contributed by atoms with Crippen LogP contribution in [0.1, 0.15) is 18.2 Å². The second-order valence-corrected chi connectivity index (χ2v) is 3.70. The Hall–Kier alpha value is -1.92. The number of nitrogens with two attached hydrogens (primary N) is 1. The summed E-state index contributed by atoms with van der Waals surface area (Å²) in [6.07, 6.45) is 0. The van der Waals surface area contributed by atoms with E-state index in [1.54, 1.807) is 0 Å². The van der Waals surface area contributed by atoms with Crippen LogP contribution in [0.5, 0.6) is 0 Å². The van der Waals surface area contributed by atoms with Crippen molar-refractivity contribution in [1.82, 2.24) is 10.2 Å². The van der Waals surface area contributed by atoms with Crippen molar-refractivity contribution < 1.29 is 4.79 Å². The molecule has 0 aliphatic rings. The predicted molar refractivity (Wildman–Crippen MR) is 57.7 cm³/mol. The number of carbonyl (C=O) groups is 1. The third kappa shape index (κ3) is 3.04. The molecule has 6 heteroatoms. The average Bonchev–Trinajstić information content (AvgIpc) is 2.53. The Morgan fingerprint density at radius 3 is 3.07 bits per heavy atom. The average molecular weight is 220 g/mol. The van der Waals surface area contributed by atoms with Crippen LogP contribution in [0.3, 0.4) is 0 Å². The molecule has 1 heterocycles. The molecule has 0 saturated carbocycles. The van der Waals surface area contributed by atoms with Gasteiger partial charge in [-0.3, -0.25) is 9.89 Å². The first-order valence-electron chi connectivity index (χ1n) is 4.01. The van der Waals surface area contributed by atoms with E-state index in [4.69, 9.17) is 11.0 Å². The van der Waals surface area contributed by atoms with Crippen molar-refractivity contribution in [3.63, 3.8) is 0 Å². The molecule has 76 valence electrons. The number of H-pyrrole nitrogens is 1. The van der Waals surface area contributed by atoms with Gasteiger partial charge in [0.1, 0.15) is 17.3 Å². The van der Waals surface area contributed by atoms with E-state index < -0.39 is 0 Å². The Labute approximate surface area is 91.0 Å². The van der Waals surface area contributed by atoms with Crippen LogP contribution < -0.4 is 5.73 Å². The van der Waals surface area contributed by atoms with Crippen molar-refractivity contribution in [2.45, 2.75) is 6.92 Å². The summed E-state index contributed by atoms with van der Waals surface area (Å²) in [5, 5.41) is 14.9. The lowest BCUT2D eigenvalue weighted by atomic mass is 10.2. The zero-order chi connectivity index (χ0) is 11.3. The van der Waals surface area contributed by atoms with E-state index in [0.717, 1.165) is 11.8 Å². The van der Waals surface area contributed by atoms with Crippen LogP contribution in [-0.2, 0) is 4.79 Å². The van der Waals surface area contributed by atoms with Crippen LogP contribution in [0.2, 0.25) is 0 Å². The zero-order valence-corrected chi connectivity index (χ0v) is 8.81. The number of hydrogen-bond acceptors (Lipinski definition) is 5. The maximum absolute atomic E-state index is 10.6. The number of nitriles is 1. The van der Waals surface area contributed by atoms with E-state index in [1.807, 2.05) is 6.07 Å². The number of nitrogens with one attached hydrogen (secondary N) is 1. The van der Waals surface area contributed by atoms with Crippen molar-refractivity contribution in [2.75, 3.05) is 11.5 Å². The quantitative estimate of drug-likeness (QED) is 0.672. The Bertz CT molecular complexity index is 475. The summed E-state index contributed by atoms with van der Waals surface area (Å²) in [7, 11) is 0. The SMILES string of the molecule is CC(=O)SCC#Cc1[nH]nc(N)c1C#N. The van der Waals surface area contributed by atoms with Gasteiger partial charge in [-0.05, 0) is 5.92 Å². The summed E-state index contributed by atoms with van der Waals surface area (Å²) in [6, 6.07) is 1.90. The summed E-state index contributed by atoms with van der Waals surface area (Å²) in [5.41, 5.74) is 6.05. The number of carbonyl (C=O) groups excluding carboxylic acids is 1. The van der Waals surface area contributed by atoms with Gasteiger partial charge < -0.3 is 5.73 Å². The summed E-state index contributed by atoms with van der Waals surface area (Å²) >= 11 is 1.11. The molecular formula is C9H8N4OS. The van der Waals surface area contributed by atoms with Crippen molar-refractivity contribution >= 4 is 22.7 Å². The van der Waals surface area contributed by atoms with E-state index in [0.29, 0.717) is 11.4 Å². The molecule has 1 rings (SSSR count). The van der Waals surface area contributed by atoms with Crippen LogP contribution in [0.4, 0.5) is 5.82 Å². The molecule has 0 radical (unpaired) electrons. The highest BCUT2D eigenvalue weighted by molar-refractivity contribution is 8.13. The molecule has 0 bridgehead atoms. The number of hydrogen-bond donors (Lipinski definition) is 2. The van der Waals surface area contributed by atoms with Gasteiger partial charge in [0.05, 0.1) is 5.75 Å². The first-order valence-corrected chi connectivity index (χ1v) is 5.00. The first-order chi connectivity index (χ1) is 7.15. The third-order valence-electron chi connectivity index (χ3n) is 1.47. The highest BCUT2D eigenvalue weighted by Crippen LogP contribution is 2.09. The molecular weight excluding hydrogens is 212 g/mol. The third-order valence-corrected chi connectivity index (χ3v) is 2.16. The van der Waals surface area contributed by atoms with Crippen LogP contribution in [0, 0.1) is 23.2 Å². The van der Waals surface area contributed by atoms with E-state index in [1.165, 1.54) is 6.92 Å². The van der Waals surface area contributed by atoms with Gasteiger partial charge in [0.2, 0.25) is 0 Å². The molecule has 1 aromatic rings. The van der Waals surface area contributed by atoms with Crippen LogP contribution in [0.25, 0.3) is 0 Å². The van der Waals surface area contributed by atoms with Gasteiger partial charge in [-0.1, -0.05) is 17.7 Å². The molecule has 5 nitrogen and oxygen atoms in total. The lowest BCUT2D eigenvalue weighted by Crippen LogP contribution is -1.87. The molecule has 0 spiro atoms. The number of aromatic nitrogens is 2. The van der Waals surface area contributed by atoms with E-state index in [-0.39, 0.29) is 16.5 Å². The minimum absolute atomic E-state index is 0.00827. The second-order valence-electron chi connectivity index (χ2n) is 2.55. The number of aromatic amines is 1.